The molecule has 9 rings (SSSR count). The fourth-order valence-corrected chi connectivity index (χ4v) is 8.75. The molecule has 0 aromatic heterocycles. The zero-order valence-electron chi connectivity index (χ0n) is 30.6. The van der Waals surface area contributed by atoms with Gasteiger partial charge in [0.25, 0.3) is 0 Å². The van der Waals surface area contributed by atoms with Crippen LogP contribution >= 0.6 is 0 Å². The van der Waals surface area contributed by atoms with E-state index < -0.39 is 0 Å². The summed E-state index contributed by atoms with van der Waals surface area (Å²) < 4.78 is 0. The minimum Gasteiger partial charge on any atom is -0.363 e. The fourth-order valence-electron chi connectivity index (χ4n) is 8.75. The van der Waals surface area contributed by atoms with Crippen LogP contribution in [-0.4, -0.2) is 5.84 Å². The lowest BCUT2D eigenvalue weighted by molar-refractivity contribution is 0.311. The fraction of sp³-hybridized carbons (Fsp3) is 0.157. The Bertz CT molecular complexity index is 2440. The highest BCUT2D eigenvalue weighted by Gasteiger charge is 2.36. The first kappa shape index (κ1) is 32.9. The molecule has 2 heteroatoms. The number of aliphatic imine (C=N–C) groups is 1. The van der Waals surface area contributed by atoms with Gasteiger partial charge in [-0.3, -0.25) is 4.99 Å². The van der Waals surface area contributed by atoms with Crippen molar-refractivity contribution in [2.75, 3.05) is 0 Å². The molecule has 0 fully saturated rings. The van der Waals surface area contributed by atoms with E-state index in [1.54, 1.807) is 0 Å². The second kappa shape index (κ2) is 13.5. The molecule has 0 saturated heterocycles. The summed E-state index contributed by atoms with van der Waals surface area (Å²) in [5.74, 6) is 1.23. The predicted molar refractivity (Wildman–Crippen MR) is 222 cm³/mol. The van der Waals surface area contributed by atoms with Crippen molar-refractivity contribution in [2.45, 2.75) is 44.7 Å². The van der Waals surface area contributed by atoms with E-state index in [-0.39, 0.29) is 23.4 Å². The Hall–Kier alpha value is -5.99. The van der Waals surface area contributed by atoms with Crippen LogP contribution in [0.3, 0.4) is 0 Å². The van der Waals surface area contributed by atoms with Crippen LogP contribution in [0, 0.1) is 5.92 Å². The average molecular weight is 685 g/mol. The summed E-state index contributed by atoms with van der Waals surface area (Å²) in [7, 11) is 0. The van der Waals surface area contributed by atoms with Gasteiger partial charge in [0, 0.05) is 16.9 Å². The van der Waals surface area contributed by atoms with Crippen LogP contribution in [-0.2, 0) is 5.41 Å². The number of nitrogens with one attached hydrogen (secondary N) is 1. The van der Waals surface area contributed by atoms with Crippen LogP contribution in [0.25, 0.3) is 44.5 Å². The maximum atomic E-state index is 5.52. The molecule has 1 aliphatic heterocycles. The van der Waals surface area contributed by atoms with Crippen molar-refractivity contribution >= 4 is 5.84 Å². The molecule has 0 bridgehead atoms. The van der Waals surface area contributed by atoms with Crippen molar-refractivity contribution < 1.29 is 0 Å². The SMILES string of the molecule is CCC1C(c2cccc(-c3cccc(-c4ccc5c(c4)C(C)(C)c4ccccc4-5)c3)c2)N=C(c2ccc(-c3ccccc3)cc2)NC1c1ccccc1. The van der Waals surface area contributed by atoms with Crippen LogP contribution in [0.5, 0.6) is 0 Å². The molecule has 7 aromatic rings. The van der Waals surface area contributed by atoms with E-state index in [0.29, 0.717) is 0 Å². The average Bonchev–Trinajstić information content (AvgIpc) is 3.46. The number of hydrogen-bond acceptors (Lipinski definition) is 2. The van der Waals surface area contributed by atoms with Crippen molar-refractivity contribution in [1.82, 2.24) is 5.32 Å². The van der Waals surface area contributed by atoms with Gasteiger partial charge in [-0.2, -0.15) is 0 Å². The smallest absolute Gasteiger partial charge is 0.129 e. The molecule has 0 amide bonds. The van der Waals surface area contributed by atoms with E-state index in [2.05, 4.69) is 202 Å². The number of hydrogen-bond donors (Lipinski definition) is 1. The molecule has 258 valence electrons. The lowest BCUT2D eigenvalue weighted by Gasteiger charge is -2.38. The summed E-state index contributed by atoms with van der Waals surface area (Å²) in [5, 5.41) is 3.90. The molecule has 0 saturated carbocycles. The zero-order chi connectivity index (χ0) is 35.9. The van der Waals surface area contributed by atoms with E-state index in [0.717, 1.165) is 17.8 Å². The summed E-state index contributed by atoms with van der Waals surface area (Å²) in [4.78, 5) is 5.52. The monoisotopic (exact) mass is 684 g/mol. The lowest BCUT2D eigenvalue weighted by Crippen LogP contribution is -2.41. The molecule has 3 unspecified atom stereocenters. The second-order valence-electron chi connectivity index (χ2n) is 15.1. The van der Waals surface area contributed by atoms with Gasteiger partial charge in [-0.25, -0.2) is 0 Å². The van der Waals surface area contributed by atoms with E-state index >= 15 is 0 Å². The predicted octanol–water partition coefficient (Wildman–Crippen LogP) is 12.9. The van der Waals surface area contributed by atoms with E-state index in [9.17, 15) is 0 Å². The summed E-state index contributed by atoms with van der Waals surface area (Å²) in [5.41, 5.74) is 16.5. The van der Waals surface area contributed by atoms with E-state index in [4.69, 9.17) is 4.99 Å². The Morgan fingerprint density at radius 1 is 0.472 bits per heavy atom. The largest absolute Gasteiger partial charge is 0.363 e. The van der Waals surface area contributed by atoms with Gasteiger partial charge < -0.3 is 5.32 Å². The molecule has 3 atom stereocenters. The number of benzene rings is 7. The number of nitrogens with zero attached hydrogens (tertiary/aromatic N) is 1. The van der Waals surface area contributed by atoms with Crippen molar-refractivity contribution in [3.8, 4) is 44.5 Å². The summed E-state index contributed by atoms with van der Waals surface area (Å²) in [6.45, 7) is 7.00. The third-order valence-corrected chi connectivity index (χ3v) is 11.6. The van der Waals surface area contributed by atoms with Crippen molar-refractivity contribution in [3.63, 3.8) is 0 Å². The molecule has 53 heavy (non-hydrogen) atoms. The van der Waals surface area contributed by atoms with Crippen molar-refractivity contribution in [1.29, 1.82) is 0 Å². The molecular formula is C51H44N2. The maximum Gasteiger partial charge on any atom is 0.129 e. The summed E-state index contributed by atoms with van der Waals surface area (Å²) in [6.07, 6.45) is 0.999. The zero-order valence-corrected chi connectivity index (χ0v) is 30.6. The normalized spacial score (nSPS) is 18.4. The van der Waals surface area contributed by atoms with Crippen LogP contribution in [0.2, 0.25) is 0 Å². The van der Waals surface area contributed by atoms with Crippen molar-refractivity contribution in [3.05, 3.63) is 204 Å². The first-order chi connectivity index (χ1) is 26.0. The van der Waals surface area contributed by atoms with Gasteiger partial charge in [-0.15, -0.1) is 0 Å². The van der Waals surface area contributed by atoms with Crippen LogP contribution in [0.15, 0.2) is 181 Å². The van der Waals surface area contributed by atoms with Crippen LogP contribution < -0.4 is 5.32 Å². The Kier molecular flexibility index (Phi) is 8.39. The van der Waals surface area contributed by atoms with Gasteiger partial charge in [0.1, 0.15) is 5.84 Å². The lowest BCUT2D eigenvalue weighted by atomic mass is 9.80. The molecule has 7 aromatic carbocycles. The maximum absolute atomic E-state index is 5.52. The highest BCUT2D eigenvalue weighted by Crippen LogP contribution is 2.49. The minimum atomic E-state index is -0.0283. The van der Waals surface area contributed by atoms with Crippen LogP contribution in [0.4, 0.5) is 0 Å². The molecule has 2 nitrogen and oxygen atoms in total. The Morgan fingerprint density at radius 2 is 1.00 bits per heavy atom. The minimum absolute atomic E-state index is 0.000960. The summed E-state index contributed by atoms with van der Waals surface area (Å²) >= 11 is 0. The molecule has 1 N–H and O–H groups in total. The Labute approximate surface area is 313 Å². The van der Waals surface area contributed by atoms with E-state index in [1.807, 2.05) is 0 Å². The molecule has 2 aliphatic rings. The standard InChI is InChI=1S/C51H44N2/c1-4-43-48(36-17-9-6-10-18-36)52-50(37-27-25-35(26-28-37)34-15-7-5-8-16-34)53-49(43)42-22-14-21-40(32-42)38-19-13-20-39(31-38)41-29-30-45-44-23-11-12-24-46(44)51(2,3)47(45)33-41/h5-33,43,48-49H,4H2,1-3H3,(H,52,53). The topological polar surface area (TPSA) is 24.4 Å². The summed E-state index contributed by atoms with van der Waals surface area (Å²) in [6, 6.07) is 64.4. The van der Waals surface area contributed by atoms with Gasteiger partial charge in [0.15, 0.2) is 0 Å². The Balaban J connectivity index is 1.08. The highest BCUT2D eigenvalue weighted by atomic mass is 15.1. The van der Waals surface area contributed by atoms with Gasteiger partial charge in [-0.1, -0.05) is 178 Å². The van der Waals surface area contributed by atoms with Gasteiger partial charge in [0.05, 0.1) is 12.1 Å². The second-order valence-corrected chi connectivity index (χ2v) is 15.1. The molecule has 0 radical (unpaired) electrons. The quantitative estimate of drug-likeness (QED) is 0.178. The third kappa shape index (κ3) is 5.99. The number of fused-ring (bicyclic) bond motifs is 3. The van der Waals surface area contributed by atoms with Gasteiger partial charge in [-0.05, 0) is 91.4 Å². The molecule has 0 spiro atoms. The highest BCUT2D eigenvalue weighted by molar-refractivity contribution is 6.00. The molecule has 1 aliphatic carbocycles. The number of amidine groups is 1. The molecule has 1 heterocycles. The Morgan fingerprint density at radius 3 is 1.74 bits per heavy atom. The molecular weight excluding hydrogens is 641 g/mol. The van der Waals surface area contributed by atoms with Gasteiger partial charge >= 0.3 is 0 Å². The van der Waals surface area contributed by atoms with Crippen LogP contribution in [0.1, 0.15) is 67.1 Å². The van der Waals surface area contributed by atoms with E-state index in [1.165, 1.54) is 66.8 Å². The number of rotatable bonds is 7. The first-order valence-corrected chi connectivity index (χ1v) is 19.0. The van der Waals surface area contributed by atoms with Gasteiger partial charge in [0.2, 0.25) is 0 Å². The first-order valence-electron chi connectivity index (χ1n) is 19.0. The third-order valence-electron chi connectivity index (χ3n) is 11.6. The van der Waals surface area contributed by atoms with Crippen molar-refractivity contribution in [2.24, 2.45) is 10.9 Å².